The van der Waals surface area contributed by atoms with E-state index in [9.17, 15) is 15.0 Å². The normalized spacial score (nSPS) is 14.7. The number of aromatic nitrogens is 1. The highest BCUT2D eigenvalue weighted by atomic mass is 16.6. The second kappa shape index (κ2) is 6.97. The van der Waals surface area contributed by atoms with E-state index < -0.39 is 11.9 Å². The number of nitrogens with zero attached hydrogens (tertiary/aromatic N) is 2. The Hall–Kier alpha value is -2.46. The highest BCUT2D eigenvalue weighted by molar-refractivity contribution is 5.77. The van der Waals surface area contributed by atoms with Crippen LogP contribution < -0.4 is 0 Å². The van der Waals surface area contributed by atoms with Crippen LogP contribution in [-0.2, 0) is 10.5 Å². The molecule has 1 aromatic carbocycles. The van der Waals surface area contributed by atoms with Crippen molar-refractivity contribution >= 4 is 6.29 Å². The maximum Gasteiger partial charge on any atom is 0.233 e. The molecule has 0 amide bonds. The van der Waals surface area contributed by atoms with Gasteiger partial charge in [-0.15, -0.1) is 0 Å². The summed E-state index contributed by atoms with van der Waals surface area (Å²) in [6, 6.07) is 10.0. The van der Waals surface area contributed by atoms with Gasteiger partial charge in [-0.2, -0.15) is 5.26 Å². The van der Waals surface area contributed by atoms with E-state index in [0.717, 1.165) is 23.4 Å². The lowest BCUT2D eigenvalue weighted by Gasteiger charge is -2.29. The quantitative estimate of drug-likeness (QED) is 0.480. The molecule has 2 N–H and O–H groups in total. The van der Waals surface area contributed by atoms with E-state index in [1.165, 1.54) is 0 Å². The molecular weight excluding hydrogens is 308 g/mol. The first kappa shape index (κ1) is 17.9. The van der Waals surface area contributed by atoms with Crippen molar-refractivity contribution in [3.05, 3.63) is 52.8 Å². The number of aldehydes is 1. The Bertz CT molecular complexity index is 774. The smallest absolute Gasteiger partial charge is 0.233 e. The van der Waals surface area contributed by atoms with Gasteiger partial charge in [-0.3, -0.25) is 4.79 Å². The zero-order chi connectivity index (χ0) is 17.9. The molecule has 6 nitrogen and oxygen atoms in total. The Morgan fingerprint density at radius 1 is 1.38 bits per heavy atom. The number of carbonyl (C=O) groups is 1. The van der Waals surface area contributed by atoms with Crippen LogP contribution in [0.4, 0.5) is 0 Å². The lowest BCUT2D eigenvalue weighted by molar-refractivity contribution is -0.250. The summed E-state index contributed by atoms with van der Waals surface area (Å²) in [4.78, 5) is 11.1. The molecule has 24 heavy (non-hydrogen) atoms. The summed E-state index contributed by atoms with van der Waals surface area (Å²) in [5, 5.41) is 29.2. The van der Waals surface area contributed by atoms with E-state index in [2.05, 4.69) is 0 Å². The fourth-order valence-corrected chi connectivity index (χ4v) is 2.78. The molecule has 0 aliphatic carbocycles. The van der Waals surface area contributed by atoms with Crippen LogP contribution in [0.3, 0.4) is 0 Å². The highest BCUT2D eigenvalue weighted by Gasteiger charge is 2.39. The van der Waals surface area contributed by atoms with E-state index >= 15 is 0 Å². The first-order valence-electron chi connectivity index (χ1n) is 7.58. The molecule has 0 bridgehead atoms. The van der Waals surface area contributed by atoms with Crippen LogP contribution in [0.2, 0.25) is 0 Å². The highest BCUT2D eigenvalue weighted by Crippen LogP contribution is 2.28. The van der Waals surface area contributed by atoms with E-state index in [1.807, 2.05) is 18.4 Å². The van der Waals surface area contributed by atoms with Crippen molar-refractivity contribution in [2.75, 3.05) is 6.61 Å². The first-order chi connectivity index (χ1) is 11.4. The molecule has 6 heteroatoms. The number of carbonyl (C=O) groups excluding carboxylic acids is 1. The number of hydrogen-bond donors (Lipinski definition) is 2. The fourth-order valence-electron chi connectivity index (χ4n) is 2.78. The average Bonchev–Trinajstić information content (AvgIpc) is 2.88. The molecule has 0 aliphatic heterocycles. The molecule has 2 unspecified atom stereocenters. The number of hydrogen-bond acceptors (Lipinski definition) is 5. The number of rotatable bonds is 6. The van der Waals surface area contributed by atoms with Gasteiger partial charge in [0.2, 0.25) is 5.79 Å². The van der Waals surface area contributed by atoms with Crippen LogP contribution in [0, 0.1) is 25.2 Å². The van der Waals surface area contributed by atoms with Gasteiger partial charge >= 0.3 is 0 Å². The third-order valence-corrected chi connectivity index (χ3v) is 3.99. The van der Waals surface area contributed by atoms with Crippen molar-refractivity contribution in [3.63, 3.8) is 0 Å². The molecule has 0 radical (unpaired) electrons. The summed E-state index contributed by atoms with van der Waals surface area (Å²) in [6.07, 6.45) is -0.898. The van der Waals surface area contributed by atoms with E-state index in [1.54, 1.807) is 43.3 Å². The van der Waals surface area contributed by atoms with Crippen molar-refractivity contribution < 1.29 is 19.7 Å². The molecule has 126 valence electrons. The van der Waals surface area contributed by atoms with Crippen molar-refractivity contribution in [2.45, 2.75) is 32.7 Å². The molecule has 2 rings (SSSR count). The zero-order valence-corrected chi connectivity index (χ0v) is 13.9. The third kappa shape index (κ3) is 2.97. The Labute approximate surface area is 140 Å². The molecule has 2 aromatic rings. The number of benzene rings is 1. The summed E-state index contributed by atoms with van der Waals surface area (Å²) < 4.78 is 7.12. The maximum absolute atomic E-state index is 11.1. The van der Waals surface area contributed by atoms with Crippen LogP contribution >= 0.6 is 0 Å². The number of aliphatic hydroxyl groups is 2. The lowest BCUT2D eigenvalue weighted by atomic mass is 10.00. The molecule has 0 fully saturated rings. The molecule has 1 heterocycles. The van der Waals surface area contributed by atoms with Gasteiger partial charge in [0.1, 0.15) is 6.07 Å². The summed E-state index contributed by atoms with van der Waals surface area (Å²) in [7, 11) is 0. The Morgan fingerprint density at radius 3 is 2.46 bits per heavy atom. The minimum atomic E-state index is -2.09. The number of ether oxygens (including phenoxy) is 1. The fraction of sp³-hybridized carbons (Fsp3) is 0.333. The SMILES string of the molecule is CCOC(O)(c1ccc(-n2c(C)cc(C=O)c2C)cc1)C(O)C#N. The van der Waals surface area contributed by atoms with Crippen LogP contribution in [0.25, 0.3) is 5.69 Å². The largest absolute Gasteiger partial charge is 0.373 e. The van der Waals surface area contributed by atoms with Crippen LogP contribution in [-0.4, -0.2) is 33.8 Å². The Kier molecular flexibility index (Phi) is 5.20. The zero-order valence-electron chi connectivity index (χ0n) is 13.9. The van der Waals surface area contributed by atoms with Crippen molar-refractivity contribution in [1.82, 2.24) is 4.57 Å². The van der Waals surface area contributed by atoms with E-state index in [0.29, 0.717) is 5.56 Å². The van der Waals surface area contributed by atoms with Gasteiger partial charge in [-0.25, -0.2) is 0 Å². The van der Waals surface area contributed by atoms with Crippen LogP contribution in [0.1, 0.15) is 34.2 Å². The third-order valence-electron chi connectivity index (χ3n) is 3.99. The van der Waals surface area contributed by atoms with Crippen molar-refractivity contribution in [3.8, 4) is 11.8 Å². The molecule has 1 aromatic heterocycles. The lowest BCUT2D eigenvalue weighted by Crippen LogP contribution is -2.41. The second-order valence-electron chi connectivity index (χ2n) is 5.49. The van der Waals surface area contributed by atoms with Crippen LogP contribution in [0.5, 0.6) is 0 Å². The Balaban J connectivity index is 2.46. The summed E-state index contributed by atoms with van der Waals surface area (Å²) in [5.74, 6) is -2.09. The van der Waals surface area contributed by atoms with Gasteiger partial charge < -0.3 is 19.5 Å². The van der Waals surface area contributed by atoms with Crippen molar-refractivity contribution in [2.24, 2.45) is 0 Å². The molecule has 0 saturated heterocycles. The molecule has 2 atom stereocenters. The second-order valence-corrected chi connectivity index (χ2v) is 5.49. The summed E-state index contributed by atoms with van der Waals surface area (Å²) >= 11 is 0. The van der Waals surface area contributed by atoms with Gasteiger partial charge in [0, 0.05) is 34.8 Å². The number of nitriles is 1. The minimum absolute atomic E-state index is 0.134. The van der Waals surface area contributed by atoms with Crippen LogP contribution in [0.15, 0.2) is 30.3 Å². The minimum Gasteiger partial charge on any atom is -0.373 e. The van der Waals surface area contributed by atoms with Gasteiger partial charge in [0.15, 0.2) is 12.4 Å². The van der Waals surface area contributed by atoms with E-state index in [4.69, 9.17) is 10.00 Å². The van der Waals surface area contributed by atoms with E-state index in [-0.39, 0.29) is 12.2 Å². The maximum atomic E-state index is 11.1. The van der Waals surface area contributed by atoms with Gasteiger partial charge in [0.25, 0.3) is 0 Å². The topological polar surface area (TPSA) is 95.5 Å². The monoisotopic (exact) mass is 328 g/mol. The summed E-state index contributed by atoms with van der Waals surface area (Å²) in [6.45, 7) is 5.54. The number of aliphatic hydroxyl groups excluding tert-OH is 1. The van der Waals surface area contributed by atoms with Gasteiger partial charge in [-0.05, 0) is 39.0 Å². The molecule has 0 aliphatic rings. The number of aryl methyl sites for hydroxylation is 1. The first-order valence-corrected chi connectivity index (χ1v) is 7.58. The van der Waals surface area contributed by atoms with Gasteiger partial charge in [0.05, 0.1) is 0 Å². The standard InChI is InChI=1S/C18H20N2O4/c1-4-24-18(23,17(22)10-19)15-5-7-16(8-6-15)20-12(2)9-14(11-21)13(20)3/h5-9,11,17,22-23H,4H2,1-3H3. The predicted octanol–water partition coefficient (Wildman–Crippen LogP) is 1.97. The summed E-state index contributed by atoms with van der Waals surface area (Å²) in [5.41, 5.74) is 3.40. The molecular formula is C18H20N2O4. The predicted molar refractivity (Wildman–Crippen MR) is 87.8 cm³/mol. The molecule has 0 saturated carbocycles. The Morgan fingerprint density at radius 2 is 2.00 bits per heavy atom. The van der Waals surface area contributed by atoms with Crippen molar-refractivity contribution in [1.29, 1.82) is 5.26 Å². The average molecular weight is 328 g/mol. The molecule has 0 spiro atoms. The van der Waals surface area contributed by atoms with Gasteiger partial charge in [-0.1, -0.05) is 12.1 Å².